The van der Waals surface area contributed by atoms with E-state index in [1.165, 1.54) is 24.1 Å². The molecule has 2 rings (SSSR count). The minimum absolute atomic E-state index is 0.113. The van der Waals surface area contributed by atoms with Crippen LogP contribution in [0.5, 0.6) is 5.75 Å². The molecule has 0 aliphatic carbocycles. The van der Waals surface area contributed by atoms with E-state index < -0.39 is 11.0 Å². The highest BCUT2D eigenvalue weighted by Gasteiger charge is 2.29. The zero-order valence-electron chi connectivity index (χ0n) is 8.37. The summed E-state index contributed by atoms with van der Waals surface area (Å²) in [6.07, 6.45) is -0.514. The molecule has 1 aliphatic heterocycles. The first-order valence-electron chi connectivity index (χ1n) is 4.40. The number of rotatable bonds is 3. The van der Waals surface area contributed by atoms with E-state index >= 15 is 0 Å². The first-order valence-corrected chi connectivity index (χ1v) is 4.40. The Balaban J connectivity index is 2.38. The highest BCUT2D eigenvalue weighted by Crippen LogP contribution is 2.32. The van der Waals surface area contributed by atoms with Gasteiger partial charge in [0.25, 0.3) is 0 Å². The van der Waals surface area contributed by atoms with Crippen LogP contribution in [0.4, 0.5) is 16.2 Å². The number of cyclic esters (lactones) is 1. The molecule has 7 nitrogen and oxygen atoms in total. The van der Waals surface area contributed by atoms with Crippen molar-refractivity contribution in [3.05, 3.63) is 28.3 Å². The lowest BCUT2D eigenvalue weighted by molar-refractivity contribution is -0.385. The number of ether oxygens (including phenoxy) is 2. The van der Waals surface area contributed by atoms with Crippen molar-refractivity contribution in [2.45, 2.75) is 0 Å². The van der Waals surface area contributed by atoms with Crippen molar-refractivity contribution >= 4 is 17.5 Å². The molecule has 16 heavy (non-hydrogen) atoms. The summed E-state index contributed by atoms with van der Waals surface area (Å²) in [7, 11) is 1.35. The summed E-state index contributed by atoms with van der Waals surface area (Å²) < 4.78 is 9.38. The Morgan fingerprint density at radius 2 is 2.31 bits per heavy atom. The summed E-state index contributed by atoms with van der Waals surface area (Å²) in [5.41, 5.74) is 0.239. The van der Waals surface area contributed by atoms with Gasteiger partial charge in [-0.05, 0) is 12.1 Å². The van der Waals surface area contributed by atoms with Crippen LogP contribution in [0.15, 0.2) is 18.2 Å². The number of benzene rings is 1. The number of hydrogen-bond donors (Lipinski definition) is 0. The maximum Gasteiger partial charge on any atom is 0.418 e. The molecule has 84 valence electrons. The van der Waals surface area contributed by atoms with Crippen molar-refractivity contribution < 1.29 is 19.2 Å². The fourth-order valence-electron chi connectivity index (χ4n) is 1.35. The summed E-state index contributed by atoms with van der Waals surface area (Å²) >= 11 is 0. The standard InChI is InChI=1S/C9H8N2O5/c1-15-8-3-2-6(4-7(8)11(13)14)10-5-16-9(10)12/h2-4H,5H2,1H3. The van der Waals surface area contributed by atoms with Crippen LogP contribution in [-0.2, 0) is 4.74 Å². The van der Waals surface area contributed by atoms with E-state index in [4.69, 9.17) is 4.74 Å². The highest BCUT2D eigenvalue weighted by molar-refractivity contribution is 5.92. The number of carbonyl (C=O) groups is 1. The van der Waals surface area contributed by atoms with E-state index in [1.54, 1.807) is 6.07 Å². The summed E-state index contributed by atoms with van der Waals surface area (Å²) in [5.74, 6) is 0.155. The van der Waals surface area contributed by atoms with Gasteiger partial charge in [0, 0.05) is 6.07 Å². The molecule has 1 amide bonds. The second-order valence-electron chi connectivity index (χ2n) is 3.08. The Hall–Kier alpha value is -2.31. The average Bonchev–Trinajstić information content (AvgIpc) is 2.27. The van der Waals surface area contributed by atoms with E-state index in [2.05, 4.69) is 4.74 Å². The van der Waals surface area contributed by atoms with Crippen LogP contribution in [0, 0.1) is 10.1 Å². The smallest absolute Gasteiger partial charge is 0.418 e. The maximum absolute atomic E-state index is 11.0. The molecular weight excluding hydrogens is 216 g/mol. The molecule has 1 aliphatic rings. The molecule has 0 saturated carbocycles. The van der Waals surface area contributed by atoms with Crippen LogP contribution >= 0.6 is 0 Å². The molecule has 0 aromatic heterocycles. The van der Waals surface area contributed by atoms with Crippen molar-refractivity contribution in [1.29, 1.82) is 0 Å². The average molecular weight is 224 g/mol. The van der Waals surface area contributed by atoms with Crippen molar-refractivity contribution in [1.82, 2.24) is 0 Å². The van der Waals surface area contributed by atoms with Crippen LogP contribution in [-0.4, -0.2) is 24.9 Å². The van der Waals surface area contributed by atoms with Crippen molar-refractivity contribution in [3.8, 4) is 5.75 Å². The zero-order chi connectivity index (χ0) is 11.7. The molecule has 1 heterocycles. The fraction of sp³-hybridized carbons (Fsp3) is 0.222. The number of nitro groups is 1. The molecule has 1 saturated heterocycles. The first-order chi connectivity index (χ1) is 7.63. The molecule has 0 N–H and O–H groups in total. The minimum atomic E-state index is -0.562. The van der Waals surface area contributed by atoms with Crippen molar-refractivity contribution in [2.75, 3.05) is 18.7 Å². The molecule has 1 aromatic carbocycles. The van der Waals surface area contributed by atoms with E-state index in [0.29, 0.717) is 5.69 Å². The molecule has 0 bridgehead atoms. The maximum atomic E-state index is 11.0. The number of carbonyl (C=O) groups excluding carboxylic acids is 1. The predicted octanol–water partition coefficient (Wildman–Crippen LogP) is 1.52. The van der Waals surface area contributed by atoms with Crippen LogP contribution in [0.3, 0.4) is 0 Å². The molecule has 7 heteroatoms. The lowest BCUT2D eigenvalue weighted by Gasteiger charge is -2.29. The van der Waals surface area contributed by atoms with Gasteiger partial charge >= 0.3 is 11.8 Å². The van der Waals surface area contributed by atoms with E-state index in [0.717, 1.165) is 0 Å². The predicted molar refractivity (Wildman–Crippen MR) is 53.5 cm³/mol. The lowest BCUT2D eigenvalue weighted by atomic mass is 10.2. The van der Waals surface area contributed by atoms with Gasteiger partial charge in [-0.15, -0.1) is 0 Å². The minimum Gasteiger partial charge on any atom is -0.490 e. The Morgan fingerprint density at radius 3 is 2.75 bits per heavy atom. The molecule has 1 aromatic rings. The summed E-state index contributed by atoms with van der Waals surface area (Å²) in [5, 5.41) is 10.7. The number of nitrogens with zero attached hydrogens (tertiary/aromatic N) is 2. The molecule has 0 atom stereocenters. The number of methoxy groups -OCH3 is 1. The van der Waals surface area contributed by atoms with E-state index in [1.807, 2.05) is 0 Å². The van der Waals surface area contributed by atoms with Gasteiger partial charge < -0.3 is 9.47 Å². The van der Waals surface area contributed by atoms with Crippen molar-refractivity contribution in [2.24, 2.45) is 0 Å². The van der Waals surface area contributed by atoms with Gasteiger partial charge in [0.1, 0.15) is 0 Å². The highest BCUT2D eigenvalue weighted by atomic mass is 16.6. The summed E-state index contributed by atoms with van der Waals surface area (Å²) in [4.78, 5) is 22.4. The van der Waals surface area contributed by atoms with Gasteiger partial charge in [-0.3, -0.25) is 10.1 Å². The number of anilines is 1. The topological polar surface area (TPSA) is 81.9 Å². The number of hydrogen-bond acceptors (Lipinski definition) is 5. The van der Waals surface area contributed by atoms with Crippen molar-refractivity contribution in [3.63, 3.8) is 0 Å². The Bertz CT molecular complexity index is 459. The molecular formula is C9H8N2O5. The normalized spacial score (nSPS) is 14.1. The third-order valence-electron chi connectivity index (χ3n) is 2.21. The van der Waals surface area contributed by atoms with Gasteiger partial charge in [-0.1, -0.05) is 0 Å². The summed E-state index contributed by atoms with van der Waals surface area (Å²) in [6.45, 7) is 0.113. The summed E-state index contributed by atoms with van der Waals surface area (Å²) in [6, 6.07) is 4.28. The third-order valence-corrected chi connectivity index (χ3v) is 2.21. The van der Waals surface area contributed by atoms with Gasteiger partial charge in [-0.25, -0.2) is 9.69 Å². The quantitative estimate of drug-likeness (QED) is 0.574. The lowest BCUT2D eigenvalue weighted by Crippen LogP contribution is -2.45. The van der Waals surface area contributed by atoms with Gasteiger partial charge in [0.2, 0.25) is 0 Å². The van der Waals surface area contributed by atoms with Crippen LogP contribution in [0.25, 0.3) is 0 Å². The second kappa shape index (κ2) is 3.69. The van der Waals surface area contributed by atoms with Crippen LogP contribution in [0.1, 0.15) is 0 Å². The Kier molecular flexibility index (Phi) is 2.35. The number of nitro benzene ring substituents is 1. The Labute approximate surface area is 90.3 Å². The van der Waals surface area contributed by atoms with E-state index in [-0.39, 0.29) is 18.2 Å². The van der Waals surface area contributed by atoms with E-state index in [9.17, 15) is 14.9 Å². The SMILES string of the molecule is COc1ccc(N2COC2=O)cc1[N+](=O)[O-]. The van der Waals surface area contributed by atoms with Gasteiger partial charge in [0.15, 0.2) is 12.5 Å². The molecule has 0 radical (unpaired) electrons. The number of amides is 1. The van der Waals surface area contributed by atoms with Crippen LogP contribution in [0.2, 0.25) is 0 Å². The molecule has 0 unspecified atom stereocenters. The van der Waals surface area contributed by atoms with Crippen LogP contribution < -0.4 is 9.64 Å². The molecule has 1 fully saturated rings. The second-order valence-corrected chi connectivity index (χ2v) is 3.08. The first kappa shape index (κ1) is 10.2. The zero-order valence-corrected chi connectivity index (χ0v) is 8.37. The monoisotopic (exact) mass is 224 g/mol. The van der Waals surface area contributed by atoms with Gasteiger partial charge in [0.05, 0.1) is 17.7 Å². The van der Waals surface area contributed by atoms with Gasteiger partial charge in [-0.2, -0.15) is 0 Å². The third kappa shape index (κ3) is 1.52. The molecule has 0 spiro atoms. The Morgan fingerprint density at radius 1 is 1.56 bits per heavy atom. The largest absolute Gasteiger partial charge is 0.490 e. The fourth-order valence-corrected chi connectivity index (χ4v) is 1.35.